The van der Waals surface area contributed by atoms with Crippen LogP contribution in [0.2, 0.25) is 0 Å². The number of carbonyl (C=O) groups excluding carboxylic acids is 2. The molecule has 0 aromatic heterocycles. The van der Waals surface area contributed by atoms with Crippen molar-refractivity contribution in [2.45, 2.75) is 46.3 Å². The van der Waals surface area contributed by atoms with Crippen molar-refractivity contribution in [2.75, 3.05) is 13.2 Å². The second kappa shape index (κ2) is 7.33. The molecule has 0 aliphatic carbocycles. The Hall–Kier alpha value is -1.14. The van der Waals surface area contributed by atoms with Crippen LogP contribution in [0.25, 0.3) is 0 Å². The van der Waals surface area contributed by atoms with Gasteiger partial charge in [-0.1, -0.05) is 20.8 Å². The standard InChI is InChI=1S/C12H24N2O4/c1-5-8(2)14-9(16)6-13-11(18)10(17)12(3,4)7-15/h8,10,15,17H,5-7H2,1-4H3,(H,13,18)(H,14,16)/t8?,10-/m0/s1. The fraction of sp³-hybridized carbons (Fsp3) is 0.833. The predicted molar refractivity (Wildman–Crippen MR) is 67.8 cm³/mol. The molecule has 6 nitrogen and oxygen atoms in total. The Morgan fingerprint density at radius 3 is 2.33 bits per heavy atom. The third-order valence-corrected chi connectivity index (χ3v) is 2.84. The van der Waals surface area contributed by atoms with Gasteiger partial charge >= 0.3 is 0 Å². The fourth-order valence-corrected chi connectivity index (χ4v) is 1.13. The molecule has 0 heterocycles. The van der Waals surface area contributed by atoms with Crippen molar-refractivity contribution in [3.63, 3.8) is 0 Å². The van der Waals surface area contributed by atoms with Crippen molar-refractivity contribution in [3.8, 4) is 0 Å². The van der Waals surface area contributed by atoms with E-state index in [1.165, 1.54) is 0 Å². The van der Waals surface area contributed by atoms with Crippen molar-refractivity contribution < 1.29 is 19.8 Å². The van der Waals surface area contributed by atoms with E-state index in [1.807, 2.05) is 13.8 Å². The van der Waals surface area contributed by atoms with Gasteiger partial charge in [0.05, 0.1) is 13.2 Å². The van der Waals surface area contributed by atoms with E-state index in [4.69, 9.17) is 5.11 Å². The number of rotatable bonds is 7. The van der Waals surface area contributed by atoms with Crippen LogP contribution in [0.3, 0.4) is 0 Å². The number of amides is 2. The second-order valence-electron chi connectivity index (χ2n) is 5.14. The van der Waals surface area contributed by atoms with Gasteiger partial charge in [-0.2, -0.15) is 0 Å². The van der Waals surface area contributed by atoms with Crippen LogP contribution in [0, 0.1) is 5.41 Å². The minimum absolute atomic E-state index is 0.0493. The van der Waals surface area contributed by atoms with Crippen LogP contribution >= 0.6 is 0 Å². The number of hydrogen-bond donors (Lipinski definition) is 4. The third-order valence-electron chi connectivity index (χ3n) is 2.84. The summed E-state index contributed by atoms with van der Waals surface area (Å²) >= 11 is 0. The van der Waals surface area contributed by atoms with Crippen LogP contribution in [0.1, 0.15) is 34.1 Å². The monoisotopic (exact) mass is 260 g/mol. The summed E-state index contributed by atoms with van der Waals surface area (Å²) < 4.78 is 0. The van der Waals surface area contributed by atoms with Gasteiger partial charge in [0.15, 0.2) is 0 Å². The molecule has 106 valence electrons. The quantitative estimate of drug-likeness (QED) is 0.491. The molecule has 0 aliphatic rings. The molecule has 0 aromatic carbocycles. The summed E-state index contributed by atoms with van der Waals surface area (Å²) in [4.78, 5) is 23.0. The lowest BCUT2D eigenvalue weighted by Gasteiger charge is -2.27. The SMILES string of the molecule is CCC(C)NC(=O)CNC(=O)[C@H](O)C(C)(C)CO. The highest BCUT2D eigenvalue weighted by molar-refractivity contribution is 5.87. The van der Waals surface area contributed by atoms with Crippen LogP contribution in [0.4, 0.5) is 0 Å². The van der Waals surface area contributed by atoms with Gasteiger partial charge in [0.25, 0.3) is 0 Å². The van der Waals surface area contributed by atoms with E-state index in [0.29, 0.717) is 0 Å². The minimum atomic E-state index is -1.35. The van der Waals surface area contributed by atoms with E-state index in [1.54, 1.807) is 13.8 Å². The fourth-order valence-electron chi connectivity index (χ4n) is 1.13. The topological polar surface area (TPSA) is 98.7 Å². The number of aliphatic hydroxyl groups is 2. The molecule has 1 unspecified atom stereocenters. The molecule has 0 saturated carbocycles. The maximum Gasteiger partial charge on any atom is 0.249 e. The van der Waals surface area contributed by atoms with Gasteiger partial charge in [-0.3, -0.25) is 9.59 Å². The van der Waals surface area contributed by atoms with Crippen molar-refractivity contribution in [2.24, 2.45) is 5.41 Å². The summed E-state index contributed by atoms with van der Waals surface area (Å²) in [5.41, 5.74) is -0.933. The molecular weight excluding hydrogens is 236 g/mol. The largest absolute Gasteiger partial charge is 0.396 e. The molecule has 4 N–H and O–H groups in total. The van der Waals surface area contributed by atoms with Gasteiger partial charge in [0.1, 0.15) is 6.10 Å². The highest BCUT2D eigenvalue weighted by Gasteiger charge is 2.32. The zero-order valence-corrected chi connectivity index (χ0v) is 11.5. The van der Waals surface area contributed by atoms with Gasteiger partial charge in [-0.15, -0.1) is 0 Å². The predicted octanol–water partition coefficient (Wildman–Crippen LogP) is -0.603. The molecule has 2 amide bonds. The maximum absolute atomic E-state index is 11.6. The van der Waals surface area contributed by atoms with Crippen molar-refractivity contribution in [3.05, 3.63) is 0 Å². The summed E-state index contributed by atoms with van der Waals surface area (Å²) in [6.45, 7) is 6.44. The molecule has 0 fully saturated rings. The summed E-state index contributed by atoms with van der Waals surface area (Å²) in [5.74, 6) is -0.958. The Morgan fingerprint density at radius 1 is 1.33 bits per heavy atom. The number of hydrogen-bond acceptors (Lipinski definition) is 4. The van der Waals surface area contributed by atoms with E-state index in [9.17, 15) is 14.7 Å². The lowest BCUT2D eigenvalue weighted by Crippen LogP contribution is -2.48. The van der Waals surface area contributed by atoms with Crippen LogP contribution in [0.15, 0.2) is 0 Å². The molecule has 18 heavy (non-hydrogen) atoms. The van der Waals surface area contributed by atoms with Gasteiger partial charge < -0.3 is 20.8 Å². The van der Waals surface area contributed by atoms with E-state index in [2.05, 4.69) is 10.6 Å². The van der Waals surface area contributed by atoms with E-state index in [0.717, 1.165) is 6.42 Å². The van der Waals surface area contributed by atoms with E-state index < -0.39 is 17.4 Å². The normalized spacial score (nSPS) is 14.8. The summed E-state index contributed by atoms with van der Waals surface area (Å²) in [7, 11) is 0. The highest BCUT2D eigenvalue weighted by atomic mass is 16.3. The Balaban J connectivity index is 4.15. The maximum atomic E-state index is 11.6. The van der Waals surface area contributed by atoms with Gasteiger partial charge in [0.2, 0.25) is 11.8 Å². The average molecular weight is 260 g/mol. The first-order valence-corrected chi connectivity index (χ1v) is 6.10. The van der Waals surface area contributed by atoms with Crippen LogP contribution in [-0.4, -0.2) is 47.3 Å². The zero-order valence-electron chi connectivity index (χ0n) is 11.5. The first kappa shape index (κ1) is 16.9. The molecule has 0 bridgehead atoms. The Bertz CT molecular complexity index is 292. The Morgan fingerprint density at radius 2 is 1.89 bits per heavy atom. The third kappa shape index (κ3) is 5.46. The van der Waals surface area contributed by atoms with Crippen LogP contribution in [-0.2, 0) is 9.59 Å². The first-order valence-electron chi connectivity index (χ1n) is 6.10. The molecule has 0 spiro atoms. The minimum Gasteiger partial charge on any atom is -0.396 e. The van der Waals surface area contributed by atoms with Crippen LogP contribution < -0.4 is 10.6 Å². The van der Waals surface area contributed by atoms with E-state index in [-0.39, 0.29) is 25.1 Å². The first-order chi connectivity index (χ1) is 8.24. The second-order valence-corrected chi connectivity index (χ2v) is 5.14. The summed E-state index contributed by atoms with van der Waals surface area (Å²) in [6, 6.07) is 0.0493. The van der Waals surface area contributed by atoms with Crippen molar-refractivity contribution in [1.29, 1.82) is 0 Å². The molecule has 0 saturated heterocycles. The number of nitrogens with one attached hydrogen (secondary N) is 2. The lowest BCUT2D eigenvalue weighted by molar-refractivity contribution is -0.138. The van der Waals surface area contributed by atoms with Gasteiger partial charge in [-0.05, 0) is 13.3 Å². The molecule has 6 heteroatoms. The van der Waals surface area contributed by atoms with Gasteiger partial charge in [0, 0.05) is 11.5 Å². The Kier molecular flexibility index (Phi) is 6.86. The smallest absolute Gasteiger partial charge is 0.249 e. The van der Waals surface area contributed by atoms with Gasteiger partial charge in [-0.25, -0.2) is 0 Å². The number of carbonyl (C=O) groups is 2. The summed E-state index contributed by atoms with van der Waals surface area (Å²) in [5, 5.41) is 23.7. The molecule has 0 rings (SSSR count). The molecular formula is C12H24N2O4. The zero-order chi connectivity index (χ0) is 14.3. The van der Waals surface area contributed by atoms with Crippen LogP contribution in [0.5, 0.6) is 0 Å². The lowest BCUT2D eigenvalue weighted by atomic mass is 9.87. The van der Waals surface area contributed by atoms with Crippen molar-refractivity contribution in [1.82, 2.24) is 10.6 Å². The highest BCUT2D eigenvalue weighted by Crippen LogP contribution is 2.19. The molecule has 2 atom stereocenters. The average Bonchev–Trinajstić information content (AvgIpc) is 2.34. The summed E-state index contributed by atoms with van der Waals surface area (Å²) in [6.07, 6.45) is -0.543. The van der Waals surface area contributed by atoms with Crippen molar-refractivity contribution >= 4 is 11.8 Å². The van der Waals surface area contributed by atoms with E-state index >= 15 is 0 Å². The molecule has 0 radical (unpaired) electrons. The number of aliphatic hydroxyl groups excluding tert-OH is 2. The Labute approximate surface area is 108 Å². The molecule has 0 aliphatic heterocycles. The molecule has 0 aromatic rings.